The molecule has 0 spiro atoms. The number of nitrogens with zero attached hydrogens (tertiary/aromatic N) is 1. The highest BCUT2D eigenvalue weighted by atomic mass is 35.5. The van der Waals surface area contributed by atoms with Crippen LogP contribution in [0.2, 0.25) is 10.0 Å². The van der Waals surface area contributed by atoms with Crippen LogP contribution >= 0.6 is 23.2 Å². The number of anilines is 1. The second-order valence-electron chi connectivity index (χ2n) is 5.91. The van der Waals surface area contributed by atoms with Gasteiger partial charge in [0, 0.05) is 18.7 Å². The second kappa shape index (κ2) is 6.11. The van der Waals surface area contributed by atoms with E-state index in [0.717, 1.165) is 41.2 Å². The molecule has 3 N–H and O–H groups in total. The van der Waals surface area contributed by atoms with Crippen LogP contribution in [0.5, 0.6) is 5.75 Å². The van der Waals surface area contributed by atoms with Crippen molar-refractivity contribution in [1.82, 2.24) is 0 Å². The Kier molecular flexibility index (Phi) is 3.94. The third-order valence-corrected chi connectivity index (χ3v) is 5.11. The molecule has 0 fully saturated rings. The number of phenols is 1. The fourth-order valence-corrected chi connectivity index (χ4v) is 3.47. The normalized spacial score (nSPS) is 14.5. The van der Waals surface area contributed by atoms with E-state index in [0.29, 0.717) is 22.3 Å². The summed E-state index contributed by atoms with van der Waals surface area (Å²) in [4.78, 5) is 7.74. The van der Waals surface area contributed by atoms with E-state index < -0.39 is 0 Å². The number of benzene rings is 2. The molecule has 4 nitrogen and oxygen atoms in total. The summed E-state index contributed by atoms with van der Waals surface area (Å²) in [5.74, 6) is 0.242. The molecule has 0 radical (unpaired) electrons. The third kappa shape index (κ3) is 2.66. The first-order chi connectivity index (χ1) is 11.6. The minimum atomic E-state index is 0.242. The maximum absolute atomic E-state index is 10.5. The maximum Gasteiger partial charge on any atom is 0.257 e. The SMILES string of the molecule is Oc1c(NCCc2ccc(Cl)c(Cl)c2)cc2c3c1[NH+]=CC=3CCN=2. The summed E-state index contributed by atoms with van der Waals surface area (Å²) < 4.78 is 0. The lowest BCUT2D eigenvalue weighted by molar-refractivity contribution is -0.345. The summed E-state index contributed by atoms with van der Waals surface area (Å²) in [6.07, 6.45) is 3.65. The molecule has 0 bridgehead atoms. The van der Waals surface area contributed by atoms with Crippen molar-refractivity contribution < 1.29 is 10.1 Å². The zero-order valence-electron chi connectivity index (χ0n) is 12.9. The van der Waals surface area contributed by atoms with Crippen LogP contribution in [0.3, 0.4) is 0 Å². The van der Waals surface area contributed by atoms with Crippen LogP contribution in [-0.2, 0) is 6.42 Å². The molecule has 2 aliphatic rings. The van der Waals surface area contributed by atoms with Gasteiger partial charge in [-0.3, -0.25) is 4.99 Å². The van der Waals surface area contributed by atoms with E-state index in [1.807, 2.05) is 24.4 Å². The van der Waals surface area contributed by atoms with E-state index in [1.165, 1.54) is 5.57 Å². The van der Waals surface area contributed by atoms with Crippen LogP contribution in [0.4, 0.5) is 11.4 Å². The van der Waals surface area contributed by atoms with Gasteiger partial charge in [0.2, 0.25) is 5.75 Å². The Morgan fingerprint density at radius 1 is 1.21 bits per heavy atom. The Bertz CT molecular complexity index is 983. The number of hydrogen-bond donors (Lipinski definition) is 3. The molecule has 0 amide bonds. The molecule has 0 unspecified atom stereocenters. The number of aromatic hydroxyl groups is 1. The largest absolute Gasteiger partial charge is 0.501 e. The van der Waals surface area contributed by atoms with Gasteiger partial charge in [-0.05, 0) is 36.6 Å². The molecule has 0 saturated heterocycles. The second-order valence-corrected chi connectivity index (χ2v) is 6.73. The molecule has 0 saturated carbocycles. The molecule has 0 atom stereocenters. The van der Waals surface area contributed by atoms with E-state index in [1.54, 1.807) is 6.07 Å². The first-order valence-corrected chi connectivity index (χ1v) is 8.60. The van der Waals surface area contributed by atoms with Crippen molar-refractivity contribution in [3.05, 3.63) is 50.5 Å². The topological polar surface area (TPSA) is 58.6 Å². The number of halogens is 2. The van der Waals surface area contributed by atoms with Gasteiger partial charge in [-0.2, -0.15) is 0 Å². The molecular weight excluding hydrogens is 345 g/mol. The van der Waals surface area contributed by atoms with E-state index in [9.17, 15) is 5.11 Å². The Hall–Kier alpha value is -2.04. The van der Waals surface area contributed by atoms with Gasteiger partial charge < -0.3 is 10.4 Å². The Balaban J connectivity index is 1.56. The molecule has 4 rings (SSSR count). The van der Waals surface area contributed by atoms with Crippen LogP contribution in [0.1, 0.15) is 12.0 Å². The van der Waals surface area contributed by atoms with Crippen LogP contribution in [-0.4, -0.2) is 24.4 Å². The Morgan fingerprint density at radius 2 is 2.08 bits per heavy atom. The van der Waals surface area contributed by atoms with Crippen LogP contribution in [0, 0.1) is 0 Å². The highest BCUT2D eigenvalue weighted by Gasteiger charge is 2.24. The van der Waals surface area contributed by atoms with E-state index in [2.05, 4.69) is 15.3 Å². The number of hydrogen-bond acceptors (Lipinski definition) is 3. The van der Waals surface area contributed by atoms with E-state index in [-0.39, 0.29) is 5.75 Å². The van der Waals surface area contributed by atoms with Gasteiger partial charge in [-0.15, -0.1) is 0 Å². The Labute approximate surface area is 149 Å². The Morgan fingerprint density at radius 3 is 2.92 bits per heavy atom. The lowest BCUT2D eigenvalue weighted by Gasteiger charge is -2.10. The molecule has 2 aromatic carbocycles. The first-order valence-electron chi connectivity index (χ1n) is 7.84. The zero-order valence-corrected chi connectivity index (χ0v) is 14.4. The van der Waals surface area contributed by atoms with Gasteiger partial charge >= 0.3 is 0 Å². The zero-order chi connectivity index (χ0) is 16.7. The fourth-order valence-electron chi connectivity index (χ4n) is 3.15. The third-order valence-electron chi connectivity index (χ3n) is 4.37. The van der Waals surface area contributed by atoms with Gasteiger partial charge in [-0.1, -0.05) is 29.3 Å². The molecule has 2 heterocycles. The van der Waals surface area contributed by atoms with Crippen molar-refractivity contribution in [3.8, 4) is 5.75 Å². The van der Waals surface area contributed by atoms with Crippen LogP contribution < -0.4 is 20.9 Å². The molecule has 0 aliphatic carbocycles. The molecule has 6 heteroatoms. The van der Waals surface area contributed by atoms with Gasteiger partial charge in [0.25, 0.3) is 5.69 Å². The number of nitrogens with one attached hydrogen (secondary N) is 2. The van der Waals surface area contributed by atoms with E-state index in [4.69, 9.17) is 23.2 Å². The standard InChI is InChI=1S/C18H15Cl2N3O/c19-12-2-1-10(7-13(12)20)3-5-22-15-8-14-16-11(4-6-21-14)9-23-17(16)18(15)24/h1-2,7-9,22,24H,3-6H2/p+1. The van der Waals surface area contributed by atoms with Gasteiger partial charge in [0.1, 0.15) is 0 Å². The van der Waals surface area contributed by atoms with Gasteiger partial charge in [0.05, 0.1) is 26.3 Å². The van der Waals surface area contributed by atoms with Crippen LogP contribution in [0.25, 0.3) is 5.57 Å². The van der Waals surface area contributed by atoms with Crippen molar-refractivity contribution in [2.75, 3.05) is 18.4 Å². The molecule has 0 aromatic heterocycles. The van der Waals surface area contributed by atoms with Crippen molar-refractivity contribution in [2.24, 2.45) is 4.99 Å². The smallest absolute Gasteiger partial charge is 0.257 e. The summed E-state index contributed by atoms with van der Waals surface area (Å²) in [6.45, 7) is 1.46. The van der Waals surface area contributed by atoms with Gasteiger partial charge in [0.15, 0.2) is 6.21 Å². The first kappa shape index (κ1) is 15.5. The quantitative estimate of drug-likeness (QED) is 0.720. The highest BCUT2D eigenvalue weighted by molar-refractivity contribution is 6.42. The van der Waals surface area contributed by atoms with Gasteiger partial charge in [-0.25, -0.2) is 4.99 Å². The minimum Gasteiger partial charge on any atom is -0.501 e. The molecule has 24 heavy (non-hydrogen) atoms. The monoisotopic (exact) mass is 360 g/mol. The van der Waals surface area contributed by atoms with Crippen molar-refractivity contribution in [3.63, 3.8) is 0 Å². The summed E-state index contributed by atoms with van der Waals surface area (Å²) in [5, 5.41) is 16.9. The summed E-state index contributed by atoms with van der Waals surface area (Å²) in [7, 11) is 0. The number of phenolic OH excluding ortho intramolecular Hbond substituents is 1. The highest BCUT2D eigenvalue weighted by Crippen LogP contribution is 2.27. The van der Waals surface area contributed by atoms with E-state index >= 15 is 0 Å². The average molecular weight is 361 g/mol. The molecule has 2 aromatic rings. The van der Waals surface area contributed by atoms with Crippen molar-refractivity contribution >= 4 is 46.4 Å². The predicted octanol–water partition coefficient (Wildman–Crippen LogP) is 1.32. The molecular formula is C18H16Cl2N3O+. The van der Waals surface area contributed by atoms with Crippen molar-refractivity contribution in [2.45, 2.75) is 12.8 Å². The van der Waals surface area contributed by atoms with Crippen LogP contribution in [0.15, 0.2) is 29.3 Å². The maximum atomic E-state index is 10.5. The lowest BCUT2D eigenvalue weighted by atomic mass is 10.1. The fraction of sp³-hybridized carbons (Fsp3) is 0.222. The lowest BCUT2D eigenvalue weighted by Crippen LogP contribution is -2.61. The predicted molar refractivity (Wildman–Crippen MR) is 97.1 cm³/mol. The molecule has 122 valence electrons. The number of rotatable bonds is 4. The summed E-state index contributed by atoms with van der Waals surface area (Å²) in [5.41, 5.74) is 3.75. The molecule has 2 aliphatic heterocycles. The average Bonchev–Trinajstić information content (AvgIpc) is 3.01. The van der Waals surface area contributed by atoms with Crippen molar-refractivity contribution in [1.29, 1.82) is 0 Å². The summed E-state index contributed by atoms with van der Waals surface area (Å²) in [6, 6.07) is 7.54. The summed E-state index contributed by atoms with van der Waals surface area (Å²) >= 11 is 12.0. The minimum absolute atomic E-state index is 0.242.